The molecule has 2 aliphatic heterocycles. The maximum atomic E-state index is 12.3. The number of likely N-dealkylation sites (N-methyl/N-ethyl adjacent to an activating group) is 1. The van der Waals surface area contributed by atoms with Crippen molar-refractivity contribution in [3.05, 3.63) is 11.1 Å². The lowest BCUT2D eigenvalue weighted by Crippen LogP contribution is -2.50. The van der Waals surface area contributed by atoms with Crippen LogP contribution in [0, 0.1) is 11.3 Å². The van der Waals surface area contributed by atoms with Crippen LogP contribution in [0.4, 0.5) is 28.1 Å². The molecule has 30 heavy (non-hydrogen) atoms. The smallest absolute Gasteiger partial charge is 0.409 e. The van der Waals surface area contributed by atoms with Crippen molar-refractivity contribution in [2.45, 2.75) is 13.3 Å². The van der Waals surface area contributed by atoms with Crippen molar-refractivity contribution in [2.24, 2.45) is 0 Å². The number of aromatic nitrogens is 2. The number of aromatic amines is 1. The molecule has 11 nitrogen and oxygen atoms in total. The minimum atomic E-state index is -0.349. The van der Waals surface area contributed by atoms with Crippen LogP contribution in [0.2, 0.25) is 0 Å². The summed E-state index contributed by atoms with van der Waals surface area (Å²) in [5.41, 5.74) is 13.4. The zero-order valence-electron chi connectivity index (χ0n) is 16.9. The van der Waals surface area contributed by atoms with Crippen molar-refractivity contribution < 1.29 is 19.3 Å². The minimum Gasteiger partial charge on any atom is -0.450 e. The molecular weight excluding hydrogens is 388 g/mol. The van der Waals surface area contributed by atoms with Gasteiger partial charge in [0.25, 0.3) is 0 Å². The number of carbonyl (C=O) groups excluding carboxylic acids is 2. The van der Waals surface area contributed by atoms with Crippen LogP contribution >= 0.6 is 0 Å². The predicted octanol–water partition coefficient (Wildman–Crippen LogP) is -0.118. The fourth-order valence-electron chi connectivity index (χ4n) is 4.05. The van der Waals surface area contributed by atoms with Crippen LogP contribution in [0.25, 0.3) is 10.8 Å². The van der Waals surface area contributed by atoms with Gasteiger partial charge in [-0.1, -0.05) is 0 Å². The quantitative estimate of drug-likeness (QED) is 0.693. The topological polar surface area (TPSA) is 156 Å². The van der Waals surface area contributed by atoms with Crippen LogP contribution in [0.5, 0.6) is 0 Å². The van der Waals surface area contributed by atoms with Crippen molar-refractivity contribution in [3.63, 3.8) is 0 Å². The summed E-state index contributed by atoms with van der Waals surface area (Å²) in [5.74, 6) is 1.31. The van der Waals surface area contributed by atoms with Gasteiger partial charge in [0.2, 0.25) is 17.5 Å². The summed E-state index contributed by atoms with van der Waals surface area (Å²) < 4.78 is 5.06. The molecular formula is C19H23N8O3+. The Morgan fingerprint density at radius 3 is 2.60 bits per heavy atom. The van der Waals surface area contributed by atoms with Gasteiger partial charge in [0.05, 0.1) is 44.6 Å². The molecule has 0 aromatic carbocycles. The fourth-order valence-corrected chi connectivity index (χ4v) is 4.05. The number of anilines is 4. The maximum Gasteiger partial charge on any atom is 0.409 e. The van der Waals surface area contributed by atoms with Gasteiger partial charge in [-0.25, -0.2) is 14.8 Å². The highest BCUT2D eigenvalue weighted by atomic mass is 16.6. The number of piperazine rings is 1. The van der Waals surface area contributed by atoms with E-state index in [0.717, 1.165) is 0 Å². The van der Waals surface area contributed by atoms with Crippen LogP contribution in [0.3, 0.4) is 0 Å². The van der Waals surface area contributed by atoms with E-state index < -0.39 is 0 Å². The van der Waals surface area contributed by atoms with Crippen LogP contribution < -0.4 is 26.3 Å². The third kappa shape index (κ3) is 2.88. The molecule has 5 N–H and O–H groups in total. The number of pyridine rings is 2. The van der Waals surface area contributed by atoms with Gasteiger partial charge in [-0.05, 0) is 6.92 Å². The lowest BCUT2D eigenvalue weighted by atomic mass is 10.00. The number of nitrogens with one attached hydrogen (secondary N) is 1. The number of hydrogen-bond donors (Lipinski definition) is 2. The van der Waals surface area contributed by atoms with Crippen LogP contribution in [0.1, 0.15) is 18.1 Å². The van der Waals surface area contributed by atoms with Crippen molar-refractivity contribution >= 4 is 46.0 Å². The summed E-state index contributed by atoms with van der Waals surface area (Å²) in [6, 6.07) is 2.26. The highest BCUT2D eigenvalue weighted by molar-refractivity contribution is 6.12. The Bertz CT molecular complexity index is 1100. The molecule has 2 aliphatic rings. The van der Waals surface area contributed by atoms with Gasteiger partial charge in [0.1, 0.15) is 23.3 Å². The van der Waals surface area contributed by atoms with Gasteiger partial charge in [-0.2, -0.15) is 5.26 Å². The van der Waals surface area contributed by atoms with E-state index in [1.165, 1.54) is 4.90 Å². The largest absolute Gasteiger partial charge is 0.450 e. The number of nitriles is 1. The number of amides is 2. The van der Waals surface area contributed by atoms with E-state index in [0.29, 0.717) is 66.3 Å². The summed E-state index contributed by atoms with van der Waals surface area (Å²) in [6.45, 7) is 3.98. The molecule has 0 spiro atoms. The first-order valence-electron chi connectivity index (χ1n) is 9.67. The zero-order valence-corrected chi connectivity index (χ0v) is 16.9. The molecule has 4 heterocycles. The van der Waals surface area contributed by atoms with Crippen LogP contribution in [-0.4, -0.2) is 61.7 Å². The van der Waals surface area contributed by atoms with E-state index in [1.54, 1.807) is 18.9 Å². The molecule has 156 valence electrons. The highest BCUT2D eigenvalue weighted by Gasteiger charge is 2.35. The first-order valence-corrected chi connectivity index (χ1v) is 9.67. The molecule has 0 atom stereocenters. The maximum absolute atomic E-state index is 12.3. The monoisotopic (exact) mass is 411 g/mol. The van der Waals surface area contributed by atoms with Crippen LogP contribution in [0.15, 0.2) is 0 Å². The van der Waals surface area contributed by atoms with E-state index in [4.69, 9.17) is 16.2 Å². The molecule has 0 saturated carbocycles. The molecule has 4 rings (SSSR count). The van der Waals surface area contributed by atoms with Gasteiger partial charge in [0.15, 0.2) is 0 Å². The average Bonchev–Trinajstić information content (AvgIpc) is 3.02. The Kier molecular flexibility index (Phi) is 4.69. The number of nitrogens with zero attached hydrogens (tertiary/aromatic N) is 5. The first kappa shape index (κ1) is 19.5. The molecule has 1 fully saturated rings. The SMILES string of the molecule is CCOC(=O)N1CCN(c2[nH+]c(N)c3c(N)nc4c(c3c2C#N)CC(=O)N4C)CC1. The van der Waals surface area contributed by atoms with Gasteiger partial charge in [-0.15, -0.1) is 0 Å². The summed E-state index contributed by atoms with van der Waals surface area (Å²) >= 11 is 0. The van der Waals surface area contributed by atoms with Crippen molar-refractivity contribution in [1.82, 2.24) is 9.88 Å². The number of ether oxygens (including phenoxy) is 1. The number of hydrogen-bond acceptors (Lipinski definition) is 8. The molecule has 2 amide bonds. The standard InChI is InChI=1S/C19H22N8O3/c1-3-30-19(29)27-6-4-26(5-7-27)18-11(9-20)13-10-8-12(28)25(2)17(10)23-15(21)14(13)16(22)24-18/h3-8H2,1-2H3,(H2,21,23)(H2,22,24)/p+1. The summed E-state index contributed by atoms with van der Waals surface area (Å²) in [4.78, 5) is 36.7. The van der Waals surface area contributed by atoms with E-state index in [1.807, 2.05) is 4.90 Å². The molecule has 2 aromatic rings. The van der Waals surface area contributed by atoms with E-state index >= 15 is 0 Å². The third-order valence-corrected chi connectivity index (χ3v) is 5.57. The number of carbonyl (C=O) groups is 2. The van der Waals surface area contributed by atoms with Gasteiger partial charge in [0, 0.05) is 18.0 Å². The number of nitrogens with two attached hydrogens (primary N) is 2. The minimum absolute atomic E-state index is 0.121. The highest BCUT2D eigenvalue weighted by Crippen LogP contribution is 2.40. The zero-order chi connectivity index (χ0) is 21.6. The second-order valence-corrected chi connectivity index (χ2v) is 7.23. The Morgan fingerprint density at radius 1 is 1.27 bits per heavy atom. The third-order valence-electron chi connectivity index (χ3n) is 5.57. The lowest BCUT2D eigenvalue weighted by molar-refractivity contribution is -0.345. The van der Waals surface area contributed by atoms with E-state index in [2.05, 4.69) is 16.0 Å². The second-order valence-electron chi connectivity index (χ2n) is 7.23. The van der Waals surface area contributed by atoms with Crippen molar-refractivity contribution in [1.29, 1.82) is 5.26 Å². The molecule has 0 radical (unpaired) electrons. The lowest BCUT2D eigenvalue weighted by Gasteiger charge is -2.32. The molecule has 0 unspecified atom stereocenters. The molecule has 11 heteroatoms. The molecule has 0 bridgehead atoms. The van der Waals surface area contributed by atoms with Gasteiger partial charge < -0.3 is 21.1 Å². The van der Waals surface area contributed by atoms with Crippen molar-refractivity contribution in [3.8, 4) is 6.07 Å². The number of nitrogen functional groups attached to an aromatic ring is 2. The number of fused-ring (bicyclic) bond motifs is 3. The predicted molar refractivity (Wildman–Crippen MR) is 110 cm³/mol. The molecule has 0 aliphatic carbocycles. The molecule has 2 aromatic heterocycles. The fraction of sp³-hybridized carbons (Fsp3) is 0.421. The van der Waals surface area contributed by atoms with Crippen molar-refractivity contribution in [2.75, 3.05) is 61.1 Å². The molecule has 1 saturated heterocycles. The Hall–Kier alpha value is -3.81. The second kappa shape index (κ2) is 7.22. The summed E-state index contributed by atoms with van der Waals surface area (Å²) in [6.07, 6.45) is -0.220. The number of H-pyrrole nitrogens is 1. The summed E-state index contributed by atoms with van der Waals surface area (Å²) in [5, 5.41) is 11.0. The van der Waals surface area contributed by atoms with Crippen LogP contribution in [-0.2, 0) is 16.0 Å². The van der Waals surface area contributed by atoms with E-state index in [-0.39, 0.29) is 30.1 Å². The Labute approximate surface area is 172 Å². The van der Waals surface area contributed by atoms with E-state index in [9.17, 15) is 14.9 Å². The first-order chi connectivity index (χ1) is 14.4. The Balaban J connectivity index is 1.80. The number of rotatable bonds is 2. The Morgan fingerprint density at radius 2 is 1.97 bits per heavy atom. The normalized spacial score (nSPS) is 16.0. The summed E-state index contributed by atoms with van der Waals surface area (Å²) in [7, 11) is 1.63. The van der Waals surface area contributed by atoms with Gasteiger partial charge >= 0.3 is 6.09 Å². The average molecular weight is 411 g/mol. The van der Waals surface area contributed by atoms with Gasteiger partial charge in [-0.3, -0.25) is 14.6 Å².